The molecule has 2 aliphatic rings. The Morgan fingerprint density at radius 2 is 2.00 bits per heavy atom. The van der Waals surface area contributed by atoms with Gasteiger partial charge in [-0.2, -0.15) is 0 Å². The third-order valence-corrected chi connectivity index (χ3v) is 3.92. The van der Waals surface area contributed by atoms with E-state index in [0.717, 1.165) is 18.1 Å². The molecule has 1 unspecified atom stereocenters. The van der Waals surface area contributed by atoms with E-state index in [0.29, 0.717) is 12.1 Å². The summed E-state index contributed by atoms with van der Waals surface area (Å²) in [6.07, 6.45) is 2.59. The van der Waals surface area contributed by atoms with Crippen molar-refractivity contribution in [3.8, 4) is 11.5 Å². The van der Waals surface area contributed by atoms with Gasteiger partial charge in [-0.3, -0.25) is 0 Å². The first kappa shape index (κ1) is 12.8. The maximum Gasteiger partial charge on any atom is 0.128 e. The van der Waals surface area contributed by atoms with E-state index in [-0.39, 0.29) is 5.41 Å². The number of rotatable bonds is 3. The number of benzene rings is 1. The van der Waals surface area contributed by atoms with Crippen LogP contribution in [0.5, 0.6) is 11.5 Å². The molecule has 0 saturated heterocycles. The van der Waals surface area contributed by atoms with Crippen LogP contribution in [0.4, 0.5) is 0 Å². The van der Waals surface area contributed by atoms with Crippen molar-refractivity contribution in [2.24, 2.45) is 0 Å². The molecule has 1 aromatic carbocycles. The van der Waals surface area contributed by atoms with Gasteiger partial charge in [0.25, 0.3) is 0 Å². The smallest absolute Gasteiger partial charge is 0.128 e. The highest BCUT2D eigenvalue weighted by atomic mass is 16.5. The molecule has 1 heterocycles. The Balaban J connectivity index is 2.01. The minimum absolute atomic E-state index is 0.0626. The van der Waals surface area contributed by atoms with Gasteiger partial charge in [0.1, 0.15) is 18.1 Å². The Labute approximate surface area is 115 Å². The van der Waals surface area contributed by atoms with Crippen LogP contribution < -0.4 is 14.8 Å². The largest absolute Gasteiger partial charge is 0.497 e. The molecule has 1 aliphatic heterocycles. The second-order valence-corrected chi connectivity index (χ2v) is 6.65. The van der Waals surface area contributed by atoms with Crippen LogP contribution in [0.1, 0.15) is 50.8 Å². The van der Waals surface area contributed by atoms with Gasteiger partial charge >= 0.3 is 0 Å². The number of fused-ring (bicyclic) bond motifs is 1. The summed E-state index contributed by atoms with van der Waals surface area (Å²) in [4.78, 5) is 0. The quantitative estimate of drug-likeness (QED) is 0.906. The van der Waals surface area contributed by atoms with Crippen molar-refractivity contribution in [1.29, 1.82) is 0 Å². The zero-order valence-corrected chi connectivity index (χ0v) is 12.2. The van der Waals surface area contributed by atoms with E-state index >= 15 is 0 Å². The van der Waals surface area contributed by atoms with Gasteiger partial charge in [0.05, 0.1) is 13.2 Å². The average Bonchev–Trinajstić information content (AvgIpc) is 3.08. The van der Waals surface area contributed by atoms with Crippen LogP contribution in [0.2, 0.25) is 0 Å². The van der Waals surface area contributed by atoms with Gasteiger partial charge in [0, 0.05) is 17.2 Å². The SMILES string of the molecule is COc1cc2c(c(C(C)(C)C)c1)OCC2NC1CC1. The topological polar surface area (TPSA) is 30.5 Å². The molecular formula is C16H23NO2. The maximum atomic E-state index is 5.98. The molecule has 0 bridgehead atoms. The van der Waals surface area contributed by atoms with Crippen molar-refractivity contribution in [2.75, 3.05) is 13.7 Å². The summed E-state index contributed by atoms with van der Waals surface area (Å²) in [5.74, 6) is 1.99. The molecule has 3 heteroatoms. The fourth-order valence-electron chi connectivity index (χ4n) is 2.65. The lowest BCUT2D eigenvalue weighted by Gasteiger charge is -2.23. The Morgan fingerprint density at radius 3 is 2.58 bits per heavy atom. The van der Waals surface area contributed by atoms with Crippen molar-refractivity contribution in [2.45, 2.75) is 51.1 Å². The number of hydrogen-bond donors (Lipinski definition) is 1. The highest BCUT2D eigenvalue weighted by Gasteiger charge is 2.34. The minimum Gasteiger partial charge on any atom is -0.497 e. The highest BCUT2D eigenvalue weighted by molar-refractivity contribution is 5.53. The molecule has 0 spiro atoms. The normalized spacial score (nSPS) is 22.0. The predicted molar refractivity (Wildman–Crippen MR) is 76.1 cm³/mol. The standard InChI is InChI=1S/C16H23NO2/c1-16(2,3)13-8-11(18-4)7-12-14(9-19-15(12)13)17-10-5-6-10/h7-8,10,14,17H,5-6,9H2,1-4H3. The summed E-state index contributed by atoms with van der Waals surface area (Å²) >= 11 is 0. The van der Waals surface area contributed by atoms with E-state index < -0.39 is 0 Å². The van der Waals surface area contributed by atoms with Gasteiger partial charge < -0.3 is 14.8 Å². The Morgan fingerprint density at radius 1 is 1.26 bits per heavy atom. The maximum absolute atomic E-state index is 5.98. The zero-order chi connectivity index (χ0) is 13.6. The van der Waals surface area contributed by atoms with Crippen LogP contribution in [-0.2, 0) is 5.41 Å². The third-order valence-electron chi connectivity index (χ3n) is 3.92. The average molecular weight is 261 g/mol. The summed E-state index contributed by atoms with van der Waals surface area (Å²) in [7, 11) is 1.73. The second kappa shape index (κ2) is 4.41. The van der Waals surface area contributed by atoms with E-state index in [2.05, 4.69) is 38.2 Å². The van der Waals surface area contributed by atoms with Crippen LogP contribution in [0.15, 0.2) is 12.1 Å². The van der Waals surface area contributed by atoms with Crippen LogP contribution in [0.3, 0.4) is 0 Å². The monoisotopic (exact) mass is 261 g/mol. The van der Waals surface area contributed by atoms with Crippen molar-refractivity contribution < 1.29 is 9.47 Å². The fourth-order valence-corrected chi connectivity index (χ4v) is 2.65. The highest BCUT2D eigenvalue weighted by Crippen LogP contribution is 2.44. The van der Waals surface area contributed by atoms with Crippen LogP contribution >= 0.6 is 0 Å². The van der Waals surface area contributed by atoms with Gasteiger partial charge in [-0.1, -0.05) is 20.8 Å². The lowest BCUT2D eigenvalue weighted by atomic mass is 9.84. The van der Waals surface area contributed by atoms with Gasteiger partial charge in [0.2, 0.25) is 0 Å². The minimum atomic E-state index is 0.0626. The molecule has 0 radical (unpaired) electrons. The molecule has 1 saturated carbocycles. The number of methoxy groups -OCH3 is 1. The van der Waals surface area contributed by atoms with Crippen LogP contribution in [-0.4, -0.2) is 19.8 Å². The van der Waals surface area contributed by atoms with Crippen LogP contribution in [0, 0.1) is 0 Å². The predicted octanol–water partition coefficient (Wildman–Crippen LogP) is 3.18. The molecule has 1 fully saturated rings. The lowest BCUT2D eigenvalue weighted by Crippen LogP contribution is -2.24. The number of ether oxygens (including phenoxy) is 2. The van der Waals surface area contributed by atoms with Crippen molar-refractivity contribution in [3.05, 3.63) is 23.3 Å². The summed E-state index contributed by atoms with van der Waals surface area (Å²) in [5.41, 5.74) is 2.56. The van der Waals surface area contributed by atoms with Crippen molar-refractivity contribution >= 4 is 0 Å². The molecule has 1 aromatic rings. The summed E-state index contributed by atoms with van der Waals surface area (Å²) in [6, 6.07) is 5.23. The van der Waals surface area contributed by atoms with Crippen LogP contribution in [0.25, 0.3) is 0 Å². The fraction of sp³-hybridized carbons (Fsp3) is 0.625. The molecule has 1 N–H and O–H groups in total. The van der Waals surface area contributed by atoms with E-state index in [9.17, 15) is 0 Å². The Bertz CT molecular complexity index is 486. The number of nitrogens with one attached hydrogen (secondary N) is 1. The van der Waals surface area contributed by atoms with E-state index in [4.69, 9.17) is 9.47 Å². The van der Waals surface area contributed by atoms with E-state index in [1.54, 1.807) is 7.11 Å². The van der Waals surface area contributed by atoms with Gasteiger partial charge in [-0.25, -0.2) is 0 Å². The summed E-state index contributed by atoms with van der Waals surface area (Å²) in [5, 5.41) is 3.66. The molecule has 1 atom stereocenters. The summed E-state index contributed by atoms with van der Waals surface area (Å²) in [6.45, 7) is 7.38. The second-order valence-electron chi connectivity index (χ2n) is 6.65. The van der Waals surface area contributed by atoms with E-state index in [1.165, 1.54) is 24.0 Å². The first-order valence-electron chi connectivity index (χ1n) is 7.10. The zero-order valence-electron chi connectivity index (χ0n) is 12.2. The molecule has 0 aromatic heterocycles. The third kappa shape index (κ3) is 2.44. The lowest BCUT2D eigenvalue weighted by molar-refractivity contribution is 0.304. The molecule has 104 valence electrons. The first-order valence-corrected chi connectivity index (χ1v) is 7.10. The van der Waals surface area contributed by atoms with Gasteiger partial charge in [0.15, 0.2) is 0 Å². The Kier molecular flexibility index (Phi) is 2.97. The molecule has 3 rings (SSSR count). The molecule has 0 amide bonds. The van der Waals surface area contributed by atoms with Crippen molar-refractivity contribution in [1.82, 2.24) is 5.32 Å². The molecular weight excluding hydrogens is 238 g/mol. The molecule has 3 nitrogen and oxygen atoms in total. The van der Waals surface area contributed by atoms with Crippen molar-refractivity contribution in [3.63, 3.8) is 0 Å². The molecule has 19 heavy (non-hydrogen) atoms. The molecule has 1 aliphatic carbocycles. The van der Waals surface area contributed by atoms with Gasteiger partial charge in [-0.05, 0) is 30.4 Å². The Hall–Kier alpha value is -1.22. The summed E-state index contributed by atoms with van der Waals surface area (Å²) < 4.78 is 11.4. The van der Waals surface area contributed by atoms with Gasteiger partial charge in [-0.15, -0.1) is 0 Å². The first-order chi connectivity index (χ1) is 8.99. The number of hydrogen-bond acceptors (Lipinski definition) is 3. The van der Waals surface area contributed by atoms with E-state index in [1.807, 2.05) is 0 Å².